The van der Waals surface area contributed by atoms with E-state index in [-0.39, 0.29) is 15.8 Å². The smallest absolute Gasteiger partial charge is 0.224 e. The van der Waals surface area contributed by atoms with Gasteiger partial charge in [0.15, 0.2) is 9.84 Å². The van der Waals surface area contributed by atoms with Gasteiger partial charge in [0.2, 0.25) is 10.0 Å². The highest BCUT2D eigenvalue weighted by molar-refractivity contribution is 7.91. The second-order valence-corrected chi connectivity index (χ2v) is 7.87. The van der Waals surface area contributed by atoms with Gasteiger partial charge in [0.1, 0.15) is 0 Å². The maximum Gasteiger partial charge on any atom is 0.240 e. The summed E-state index contributed by atoms with van der Waals surface area (Å²) in [6.45, 7) is 0. The number of sulfone groups is 1. The summed E-state index contributed by atoms with van der Waals surface area (Å²) >= 11 is 0. The Morgan fingerprint density at radius 3 is 2.24 bits per heavy atom. The third-order valence-corrected chi connectivity index (χ3v) is 5.07. The van der Waals surface area contributed by atoms with Crippen molar-refractivity contribution in [1.29, 1.82) is 0 Å². The van der Waals surface area contributed by atoms with Crippen LogP contribution in [-0.4, -0.2) is 29.1 Å². The molecule has 0 atom stereocenters. The van der Waals surface area contributed by atoms with Gasteiger partial charge in [-0.1, -0.05) is 6.07 Å². The summed E-state index contributed by atoms with van der Waals surface area (Å²) in [5, 5.41) is 0. The topological polar surface area (TPSA) is 80.3 Å². The third-order valence-electron chi connectivity index (χ3n) is 2.44. The molecule has 1 N–H and O–H groups in total. The van der Waals surface area contributed by atoms with Crippen LogP contribution in [0.5, 0.6) is 0 Å². The molecule has 0 amide bonds. The lowest BCUT2D eigenvalue weighted by Crippen LogP contribution is -2.25. The first-order valence-corrected chi connectivity index (χ1v) is 8.49. The van der Waals surface area contributed by atoms with E-state index in [1.54, 1.807) is 0 Å². The van der Waals surface area contributed by atoms with E-state index in [4.69, 9.17) is 0 Å². The van der Waals surface area contributed by atoms with Gasteiger partial charge in [0, 0.05) is 12.3 Å². The Labute approximate surface area is 101 Å². The Morgan fingerprint density at radius 1 is 1.12 bits per heavy atom. The van der Waals surface area contributed by atoms with Crippen LogP contribution >= 0.6 is 0 Å². The van der Waals surface area contributed by atoms with E-state index >= 15 is 0 Å². The van der Waals surface area contributed by atoms with Gasteiger partial charge in [-0.2, -0.15) is 0 Å². The van der Waals surface area contributed by atoms with Gasteiger partial charge in [-0.25, -0.2) is 21.6 Å². The van der Waals surface area contributed by atoms with Crippen LogP contribution in [0.3, 0.4) is 0 Å². The summed E-state index contributed by atoms with van der Waals surface area (Å²) in [5.41, 5.74) is 0. The molecule has 1 aromatic carbocycles. The molecular formula is C10H13NO4S2. The zero-order chi connectivity index (χ0) is 12.7. The summed E-state index contributed by atoms with van der Waals surface area (Å²) in [7, 11) is -6.98. The molecule has 1 saturated carbocycles. The van der Waals surface area contributed by atoms with E-state index < -0.39 is 19.9 Å². The van der Waals surface area contributed by atoms with Crippen LogP contribution in [0.25, 0.3) is 0 Å². The first kappa shape index (κ1) is 12.5. The molecule has 2 rings (SSSR count). The van der Waals surface area contributed by atoms with Crippen LogP contribution in [0.2, 0.25) is 0 Å². The minimum Gasteiger partial charge on any atom is -0.224 e. The van der Waals surface area contributed by atoms with Gasteiger partial charge in [0.25, 0.3) is 0 Å². The molecule has 5 nitrogen and oxygen atoms in total. The zero-order valence-corrected chi connectivity index (χ0v) is 10.9. The fourth-order valence-corrected chi connectivity index (χ4v) is 3.45. The van der Waals surface area contributed by atoms with Crippen LogP contribution in [-0.2, 0) is 19.9 Å². The van der Waals surface area contributed by atoms with Crippen molar-refractivity contribution in [3.05, 3.63) is 24.3 Å². The Hall–Kier alpha value is -0.920. The van der Waals surface area contributed by atoms with Gasteiger partial charge in [0.05, 0.1) is 9.79 Å². The number of rotatable bonds is 4. The van der Waals surface area contributed by atoms with E-state index in [9.17, 15) is 16.8 Å². The minimum absolute atomic E-state index is 0.00175. The second-order valence-electron chi connectivity index (χ2n) is 4.14. The first-order chi connectivity index (χ1) is 7.79. The normalized spacial score (nSPS) is 17.0. The molecule has 0 aliphatic heterocycles. The highest BCUT2D eigenvalue weighted by atomic mass is 32.2. The lowest BCUT2D eigenvalue weighted by atomic mass is 10.4. The molecule has 7 heteroatoms. The summed E-state index contributed by atoms with van der Waals surface area (Å²) in [6.07, 6.45) is 2.73. The molecule has 0 saturated heterocycles. The van der Waals surface area contributed by atoms with Crippen molar-refractivity contribution in [2.24, 2.45) is 0 Å². The standard InChI is InChI=1S/C10H13NO4S2/c1-16(12,13)9-3-2-4-10(7-9)17(14,15)11-8-5-6-8/h2-4,7-8,11H,5-6H2,1H3. The predicted molar refractivity (Wildman–Crippen MR) is 62.9 cm³/mol. The molecule has 0 spiro atoms. The maximum absolute atomic E-state index is 11.9. The van der Waals surface area contributed by atoms with E-state index in [1.165, 1.54) is 24.3 Å². The van der Waals surface area contributed by atoms with Crippen molar-refractivity contribution in [2.75, 3.05) is 6.26 Å². The number of nitrogens with one attached hydrogen (secondary N) is 1. The first-order valence-electron chi connectivity index (χ1n) is 5.11. The summed E-state index contributed by atoms with van der Waals surface area (Å²) in [4.78, 5) is 0.00324. The summed E-state index contributed by atoms with van der Waals surface area (Å²) in [6, 6.07) is 5.38. The van der Waals surface area contributed by atoms with Gasteiger partial charge in [-0.05, 0) is 31.0 Å². The second kappa shape index (κ2) is 4.08. The lowest BCUT2D eigenvalue weighted by Gasteiger charge is -2.06. The Balaban J connectivity index is 2.39. The molecule has 1 aliphatic rings. The fraction of sp³-hybridized carbons (Fsp3) is 0.400. The van der Waals surface area contributed by atoms with Crippen LogP contribution in [0.4, 0.5) is 0 Å². The van der Waals surface area contributed by atoms with Crippen LogP contribution < -0.4 is 4.72 Å². The molecule has 0 radical (unpaired) electrons. The predicted octanol–water partition coefficient (Wildman–Crippen LogP) is 0.531. The van der Waals surface area contributed by atoms with E-state index in [1.807, 2.05) is 0 Å². The van der Waals surface area contributed by atoms with Crippen molar-refractivity contribution < 1.29 is 16.8 Å². The molecular weight excluding hydrogens is 262 g/mol. The minimum atomic E-state index is -3.59. The molecule has 0 unspecified atom stereocenters. The van der Waals surface area contributed by atoms with Crippen molar-refractivity contribution in [3.63, 3.8) is 0 Å². The van der Waals surface area contributed by atoms with Gasteiger partial charge in [-0.15, -0.1) is 0 Å². The quantitative estimate of drug-likeness (QED) is 0.869. The summed E-state index contributed by atoms with van der Waals surface area (Å²) < 4.78 is 48.9. The third kappa shape index (κ3) is 3.05. The number of sulfonamides is 1. The summed E-state index contributed by atoms with van der Waals surface area (Å²) in [5.74, 6) is 0. The largest absolute Gasteiger partial charge is 0.240 e. The zero-order valence-electron chi connectivity index (χ0n) is 9.25. The van der Waals surface area contributed by atoms with Crippen molar-refractivity contribution in [2.45, 2.75) is 28.7 Å². The molecule has 94 valence electrons. The molecule has 1 aliphatic carbocycles. The Bertz CT molecular complexity index is 630. The van der Waals surface area contributed by atoms with Crippen molar-refractivity contribution >= 4 is 19.9 Å². The van der Waals surface area contributed by atoms with E-state index in [2.05, 4.69) is 4.72 Å². The monoisotopic (exact) mass is 275 g/mol. The maximum atomic E-state index is 11.9. The average molecular weight is 275 g/mol. The molecule has 17 heavy (non-hydrogen) atoms. The van der Waals surface area contributed by atoms with Crippen LogP contribution in [0.1, 0.15) is 12.8 Å². The van der Waals surface area contributed by atoms with E-state index in [0.717, 1.165) is 19.1 Å². The van der Waals surface area contributed by atoms with E-state index in [0.29, 0.717) is 0 Å². The molecule has 0 heterocycles. The SMILES string of the molecule is CS(=O)(=O)c1cccc(S(=O)(=O)NC2CC2)c1. The highest BCUT2D eigenvalue weighted by Crippen LogP contribution is 2.23. The lowest BCUT2D eigenvalue weighted by molar-refractivity contribution is 0.580. The average Bonchev–Trinajstić information content (AvgIpc) is 3.00. The molecule has 0 bridgehead atoms. The molecule has 1 aromatic rings. The van der Waals surface area contributed by atoms with Gasteiger partial charge < -0.3 is 0 Å². The Morgan fingerprint density at radius 2 is 1.71 bits per heavy atom. The Kier molecular flexibility index (Phi) is 3.01. The van der Waals surface area contributed by atoms with Gasteiger partial charge in [-0.3, -0.25) is 0 Å². The van der Waals surface area contributed by atoms with Gasteiger partial charge >= 0.3 is 0 Å². The van der Waals surface area contributed by atoms with Crippen LogP contribution in [0, 0.1) is 0 Å². The fourth-order valence-electron chi connectivity index (χ4n) is 1.36. The number of hydrogen-bond acceptors (Lipinski definition) is 4. The number of hydrogen-bond donors (Lipinski definition) is 1. The molecule has 1 fully saturated rings. The number of benzene rings is 1. The highest BCUT2D eigenvalue weighted by Gasteiger charge is 2.28. The molecule has 0 aromatic heterocycles. The van der Waals surface area contributed by atoms with Crippen molar-refractivity contribution in [3.8, 4) is 0 Å². The van der Waals surface area contributed by atoms with Crippen LogP contribution in [0.15, 0.2) is 34.1 Å². The van der Waals surface area contributed by atoms with Crippen molar-refractivity contribution in [1.82, 2.24) is 4.72 Å².